The van der Waals surface area contributed by atoms with Gasteiger partial charge in [-0.15, -0.1) is 11.6 Å². The summed E-state index contributed by atoms with van der Waals surface area (Å²) >= 11 is 6.03. The van der Waals surface area contributed by atoms with Crippen molar-refractivity contribution in [2.24, 2.45) is 0 Å². The number of nitrogens with zero attached hydrogens (tertiary/aromatic N) is 2. The summed E-state index contributed by atoms with van der Waals surface area (Å²) in [5.41, 5.74) is 1.49. The summed E-state index contributed by atoms with van der Waals surface area (Å²) < 4.78 is 0. The lowest BCUT2D eigenvalue weighted by molar-refractivity contribution is 0.0904. The zero-order valence-corrected chi connectivity index (χ0v) is 12.4. The molecule has 0 bridgehead atoms. The minimum Gasteiger partial charge on any atom is -0.345 e. The second-order valence-electron chi connectivity index (χ2n) is 4.80. The number of benzene rings is 1. The lowest BCUT2D eigenvalue weighted by Gasteiger charge is -2.30. The fourth-order valence-corrected chi connectivity index (χ4v) is 2.58. The molecule has 1 heterocycles. The second-order valence-corrected chi connectivity index (χ2v) is 5.07. The van der Waals surface area contributed by atoms with E-state index < -0.39 is 0 Å². The van der Waals surface area contributed by atoms with E-state index in [4.69, 9.17) is 11.6 Å². The Hall–Kier alpha value is -1.68. The summed E-state index contributed by atoms with van der Waals surface area (Å²) in [7, 11) is 0. The first kappa shape index (κ1) is 14.7. The maximum Gasteiger partial charge on any atom is 0.254 e. The molecule has 1 N–H and O–H groups in total. The van der Waals surface area contributed by atoms with Gasteiger partial charge in [-0.3, -0.25) is 14.8 Å². The Morgan fingerprint density at radius 1 is 1.25 bits per heavy atom. The van der Waals surface area contributed by atoms with E-state index in [-0.39, 0.29) is 11.4 Å². The third-order valence-electron chi connectivity index (χ3n) is 3.73. The molecule has 1 aromatic heterocycles. The monoisotopic (exact) mass is 291 g/mol. The third kappa shape index (κ3) is 2.75. The number of carbonyl (C=O) groups is 1. The highest BCUT2D eigenvalue weighted by molar-refractivity contribution is 6.19. The minimum absolute atomic E-state index is 0.152. The fraction of sp³-hybridized carbons (Fsp3) is 0.400. The molecule has 5 heteroatoms. The number of carbonyl (C=O) groups excluding carboxylic acids is 1. The maximum atomic E-state index is 12.5. The first-order valence-corrected chi connectivity index (χ1v) is 7.27. The van der Waals surface area contributed by atoms with Gasteiger partial charge in [-0.2, -0.15) is 0 Å². The van der Waals surface area contributed by atoms with E-state index in [1.54, 1.807) is 18.5 Å². The topological polar surface area (TPSA) is 54.9 Å². The van der Waals surface area contributed by atoms with Crippen LogP contribution in [0.3, 0.4) is 0 Å². The number of alkyl halides is 1. The highest BCUT2D eigenvalue weighted by Crippen LogP contribution is 2.20. The molecular weight excluding hydrogens is 274 g/mol. The molecule has 1 amide bonds. The largest absolute Gasteiger partial charge is 0.345 e. The Morgan fingerprint density at radius 2 is 1.95 bits per heavy atom. The van der Waals surface area contributed by atoms with E-state index in [9.17, 15) is 4.79 Å². The van der Waals surface area contributed by atoms with Gasteiger partial charge in [-0.05, 0) is 25.0 Å². The van der Waals surface area contributed by atoms with Crippen LogP contribution >= 0.6 is 11.6 Å². The predicted octanol–water partition coefficient (Wildman–Crippen LogP) is 3.16. The maximum absolute atomic E-state index is 12.5. The first-order valence-electron chi connectivity index (χ1n) is 6.74. The molecule has 20 heavy (non-hydrogen) atoms. The number of nitrogens with one attached hydrogen (secondary N) is 1. The van der Waals surface area contributed by atoms with Crippen molar-refractivity contribution in [3.8, 4) is 0 Å². The number of halogens is 1. The molecule has 0 fully saturated rings. The van der Waals surface area contributed by atoms with Crippen LogP contribution in [0.25, 0.3) is 11.0 Å². The van der Waals surface area contributed by atoms with E-state index in [1.165, 1.54) is 0 Å². The van der Waals surface area contributed by atoms with E-state index in [0.717, 1.165) is 12.8 Å². The molecule has 2 aromatic rings. The van der Waals surface area contributed by atoms with Crippen LogP contribution in [0.1, 0.15) is 37.0 Å². The number of hydrogen-bond acceptors (Lipinski definition) is 3. The van der Waals surface area contributed by atoms with Gasteiger partial charge in [0, 0.05) is 18.3 Å². The number of rotatable bonds is 5. The molecular formula is C15H18ClN3O. The number of amides is 1. The van der Waals surface area contributed by atoms with Crippen molar-refractivity contribution in [1.29, 1.82) is 0 Å². The number of hydrogen-bond donors (Lipinski definition) is 1. The molecule has 0 saturated carbocycles. The Labute approximate surface area is 123 Å². The second kappa shape index (κ2) is 6.18. The zero-order valence-electron chi connectivity index (χ0n) is 11.7. The molecule has 106 valence electrons. The van der Waals surface area contributed by atoms with Crippen LogP contribution in [-0.4, -0.2) is 27.3 Å². The van der Waals surface area contributed by atoms with Crippen molar-refractivity contribution < 1.29 is 4.79 Å². The van der Waals surface area contributed by atoms with E-state index in [2.05, 4.69) is 15.3 Å². The van der Waals surface area contributed by atoms with Crippen LogP contribution in [0.15, 0.2) is 30.6 Å². The quantitative estimate of drug-likeness (QED) is 0.861. The SMILES string of the molecule is CCC(CC)(CCl)NC(=O)c1cccc2nccnc12. The molecule has 0 saturated heterocycles. The third-order valence-corrected chi connectivity index (χ3v) is 4.24. The summed E-state index contributed by atoms with van der Waals surface area (Å²) in [5, 5.41) is 3.05. The van der Waals surface area contributed by atoms with E-state index >= 15 is 0 Å². The van der Waals surface area contributed by atoms with Gasteiger partial charge < -0.3 is 5.32 Å². The standard InChI is InChI=1S/C15H18ClN3O/c1-3-15(4-2,10-16)19-14(20)11-6-5-7-12-13(11)18-9-8-17-12/h5-9H,3-4,10H2,1-2H3,(H,19,20). The lowest BCUT2D eigenvalue weighted by Crippen LogP contribution is -2.49. The van der Waals surface area contributed by atoms with Crippen LogP contribution in [0, 0.1) is 0 Å². The van der Waals surface area contributed by atoms with Gasteiger partial charge in [0.1, 0.15) is 5.52 Å². The lowest BCUT2D eigenvalue weighted by atomic mass is 9.94. The average molecular weight is 292 g/mol. The van der Waals surface area contributed by atoms with Gasteiger partial charge in [-0.1, -0.05) is 19.9 Å². The fourth-order valence-electron chi connectivity index (χ4n) is 2.13. The molecule has 0 spiro atoms. The van der Waals surface area contributed by atoms with Crippen LogP contribution in [-0.2, 0) is 0 Å². The van der Waals surface area contributed by atoms with Gasteiger partial charge in [0.05, 0.1) is 16.6 Å². The highest BCUT2D eigenvalue weighted by atomic mass is 35.5. The molecule has 4 nitrogen and oxygen atoms in total. The summed E-state index contributed by atoms with van der Waals surface area (Å²) in [5.74, 6) is 0.239. The zero-order chi connectivity index (χ0) is 14.6. The normalized spacial score (nSPS) is 11.6. The molecule has 0 aliphatic heterocycles. The summed E-state index contributed by atoms with van der Waals surface area (Å²) in [6.07, 6.45) is 4.78. The molecule has 0 unspecified atom stereocenters. The van der Waals surface area contributed by atoms with Crippen molar-refractivity contribution in [3.05, 3.63) is 36.2 Å². The Kier molecular flexibility index (Phi) is 4.55. The highest BCUT2D eigenvalue weighted by Gasteiger charge is 2.28. The minimum atomic E-state index is -0.372. The van der Waals surface area contributed by atoms with Crippen LogP contribution < -0.4 is 5.32 Å². The van der Waals surface area contributed by atoms with E-state index in [0.29, 0.717) is 22.5 Å². The average Bonchev–Trinajstić information content (AvgIpc) is 2.52. The molecule has 1 aromatic carbocycles. The molecule has 0 atom stereocenters. The predicted molar refractivity (Wildman–Crippen MR) is 81.0 cm³/mol. The van der Waals surface area contributed by atoms with Gasteiger partial charge in [0.25, 0.3) is 5.91 Å². The van der Waals surface area contributed by atoms with Gasteiger partial charge in [0.15, 0.2) is 0 Å². The Balaban J connectivity index is 2.37. The molecule has 2 rings (SSSR count). The van der Waals surface area contributed by atoms with Crippen molar-refractivity contribution >= 4 is 28.5 Å². The number of para-hydroxylation sites is 1. The first-order chi connectivity index (χ1) is 9.65. The van der Waals surface area contributed by atoms with Crippen LogP contribution in [0.2, 0.25) is 0 Å². The van der Waals surface area contributed by atoms with E-state index in [1.807, 2.05) is 26.0 Å². The smallest absolute Gasteiger partial charge is 0.254 e. The molecule has 0 aliphatic carbocycles. The van der Waals surface area contributed by atoms with Crippen molar-refractivity contribution in [2.75, 3.05) is 5.88 Å². The van der Waals surface area contributed by atoms with Crippen molar-refractivity contribution in [2.45, 2.75) is 32.2 Å². The molecule has 0 radical (unpaired) electrons. The summed E-state index contributed by atoms with van der Waals surface area (Å²) in [6.45, 7) is 4.05. The van der Waals surface area contributed by atoms with Crippen LogP contribution in [0.4, 0.5) is 0 Å². The van der Waals surface area contributed by atoms with Crippen molar-refractivity contribution in [3.63, 3.8) is 0 Å². The Bertz CT molecular complexity index is 597. The Morgan fingerprint density at radius 3 is 2.60 bits per heavy atom. The number of aromatic nitrogens is 2. The summed E-state index contributed by atoms with van der Waals surface area (Å²) in [4.78, 5) is 21.0. The summed E-state index contributed by atoms with van der Waals surface area (Å²) in [6, 6.07) is 5.41. The van der Waals surface area contributed by atoms with Crippen molar-refractivity contribution in [1.82, 2.24) is 15.3 Å². The van der Waals surface area contributed by atoms with Gasteiger partial charge >= 0.3 is 0 Å². The molecule has 0 aliphatic rings. The van der Waals surface area contributed by atoms with Gasteiger partial charge in [-0.25, -0.2) is 0 Å². The number of fused-ring (bicyclic) bond motifs is 1. The van der Waals surface area contributed by atoms with Crippen LogP contribution in [0.5, 0.6) is 0 Å². The van der Waals surface area contributed by atoms with Gasteiger partial charge in [0.2, 0.25) is 0 Å².